The van der Waals surface area contributed by atoms with E-state index >= 15 is 0 Å². The predicted molar refractivity (Wildman–Crippen MR) is 99.3 cm³/mol. The number of benzene rings is 2. The van der Waals surface area contributed by atoms with E-state index in [1.807, 2.05) is 48.7 Å². The van der Waals surface area contributed by atoms with Crippen LogP contribution in [0.3, 0.4) is 0 Å². The molecule has 0 bridgehead atoms. The zero-order chi connectivity index (χ0) is 17.1. The SMILES string of the molecule is Clc1cccc(OCCSc2nnc(-c3c[nH]c4ccccc34)o2)c1. The van der Waals surface area contributed by atoms with Gasteiger partial charge in [0.25, 0.3) is 11.1 Å². The number of nitrogens with one attached hydrogen (secondary N) is 1. The van der Waals surface area contributed by atoms with Crippen LogP contribution in [0.2, 0.25) is 5.02 Å². The topological polar surface area (TPSA) is 63.9 Å². The first-order valence-corrected chi connectivity index (χ1v) is 9.07. The Hall–Kier alpha value is -2.44. The second-order valence-electron chi connectivity index (χ2n) is 5.28. The maximum absolute atomic E-state index is 5.93. The molecule has 1 N–H and O–H groups in total. The summed E-state index contributed by atoms with van der Waals surface area (Å²) in [5, 5.41) is 10.5. The van der Waals surface area contributed by atoms with Crippen LogP contribution in [-0.2, 0) is 0 Å². The molecular formula is C18H14ClN3O2S. The van der Waals surface area contributed by atoms with E-state index in [-0.39, 0.29) is 0 Å². The molecule has 0 spiro atoms. The quantitative estimate of drug-likeness (QED) is 0.380. The molecule has 2 aromatic carbocycles. The maximum atomic E-state index is 5.93. The minimum Gasteiger partial charge on any atom is -0.493 e. The first kappa shape index (κ1) is 16.1. The van der Waals surface area contributed by atoms with Crippen molar-refractivity contribution in [3.63, 3.8) is 0 Å². The van der Waals surface area contributed by atoms with E-state index in [4.69, 9.17) is 20.8 Å². The summed E-state index contributed by atoms with van der Waals surface area (Å²) in [6.07, 6.45) is 1.88. The lowest BCUT2D eigenvalue weighted by Gasteiger charge is -2.04. The van der Waals surface area contributed by atoms with Gasteiger partial charge in [-0.3, -0.25) is 0 Å². The van der Waals surface area contributed by atoms with E-state index in [1.165, 1.54) is 11.8 Å². The number of nitrogens with zero attached hydrogens (tertiary/aromatic N) is 2. The molecular weight excluding hydrogens is 358 g/mol. The summed E-state index contributed by atoms with van der Waals surface area (Å²) in [7, 11) is 0. The average molecular weight is 372 g/mol. The van der Waals surface area contributed by atoms with Crippen molar-refractivity contribution in [2.45, 2.75) is 5.22 Å². The van der Waals surface area contributed by atoms with E-state index in [2.05, 4.69) is 15.2 Å². The Morgan fingerprint density at radius 1 is 1.12 bits per heavy atom. The fourth-order valence-electron chi connectivity index (χ4n) is 2.47. The standard InChI is InChI=1S/C18H14ClN3O2S/c19-12-4-3-5-13(10-12)23-8-9-25-18-22-21-17(24-18)15-11-20-16-7-2-1-6-14(15)16/h1-7,10-11,20H,8-9H2. The fraction of sp³-hybridized carbons (Fsp3) is 0.111. The van der Waals surface area contributed by atoms with E-state index in [0.717, 1.165) is 22.2 Å². The number of fused-ring (bicyclic) bond motifs is 1. The van der Waals surface area contributed by atoms with Crippen LogP contribution in [0.1, 0.15) is 0 Å². The van der Waals surface area contributed by atoms with Crippen molar-refractivity contribution in [2.24, 2.45) is 0 Å². The molecule has 0 aliphatic heterocycles. The van der Waals surface area contributed by atoms with Crippen molar-refractivity contribution in [1.29, 1.82) is 0 Å². The van der Waals surface area contributed by atoms with E-state index < -0.39 is 0 Å². The molecule has 7 heteroatoms. The summed E-state index contributed by atoms with van der Waals surface area (Å²) in [6.45, 7) is 0.524. The van der Waals surface area contributed by atoms with Gasteiger partial charge >= 0.3 is 0 Å². The Morgan fingerprint density at radius 3 is 2.96 bits per heavy atom. The molecule has 0 fully saturated rings. The molecule has 4 aromatic rings. The van der Waals surface area contributed by atoms with Crippen LogP contribution in [0, 0.1) is 0 Å². The van der Waals surface area contributed by atoms with Crippen molar-refractivity contribution in [3.05, 3.63) is 59.8 Å². The van der Waals surface area contributed by atoms with Crippen molar-refractivity contribution in [2.75, 3.05) is 12.4 Å². The van der Waals surface area contributed by atoms with Gasteiger partial charge in [0, 0.05) is 27.9 Å². The molecule has 5 nitrogen and oxygen atoms in total. The second kappa shape index (κ2) is 7.21. The fourth-order valence-corrected chi connectivity index (χ4v) is 3.23. The summed E-state index contributed by atoms with van der Waals surface area (Å²) in [4.78, 5) is 3.21. The number of aromatic nitrogens is 3. The molecule has 0 aliphatic carbocycles. The molecule has 0 unspecified atom stereocenters. The van der Waals surface area contributed by atoms with Crippen molar-refractivity contribution in [3.8, 4) is 17.2 Å². The summed E-state index contributed by atoms with van der Waals surface area (Å²) >= 11 is 7.38. The normalized spacial score (nSPS) is 11.1. The molecule has 2 aromatic heterocycles. The van der Waals surface area contributed by atoms with E-state index in [0.29, 0.717) is 28.5 Å². The number of para-hydroxylation sites is 1. The molecule has 0 saturated carbocycles. The van der Waals surface area contributed by atoms with Crippen LogP contribution in [0.15, 0.2) is 64.4 Å². The predicted octanol–water partition coefficient (Wildman–Crippen LogP) is 5.04. The molecule has 4 rings (SSSR count). The average Bonchev–Trinajstić information content (AvgIpc) is 3.25. The molecule has 25 heavy (non-hydrogen) atoms. The highest BCUT2D eigenvalue weighted by Crippen LogP contribution is 2.29. The van der Waals surface area contributed by atoms with Crippen molar-refractivity contribution >= 4 is 34.3 Å². The number of H-pyrrole nitrogens is 1. The Balaban J connectivity index is 1.37. The summed E-state index contributed by atoms with van der Waals surface area (Å²) < 4.78 is 11.4. The number of rotatable bonds is 6. The zero-order valence-electron chi connectivity index (χ0n) is 13.1. The molecule has 0 atom stereocenters. The monoisotopic (exact) mass is 371 g/mol. The van der Waals surface area contributed by atoms with Gasteiger partial charge in [-0.2, -0.15) is 0 Å². The Labute approximate surface area is 153 Å². The number of hydrogen-bond donors (Lipinski definition) is 1. The van der Waals surface area contributed by atoms with Crippen molar-refractivity contribution in [1.82, 2.24) is 15.2 Å². The minimum absolute atomic E-state index is 0.510. The van der Waals surface area contributed by atoms with Crippen LogP contribution in [0.25, 0.3) is 22.4 Å². The van der Waals surface area contributed by atoms with Gasteiger partial charge < -0.3 is 14.1 Å². The lowest BCUT2D eigenvalue weighted by atomic mass is 10.2. The number of hydrogen-bond acceptors (Lipinski definition) is 5. The molecule has 0 aliphatic rings. The van der Waals surface area contributed by atoms with Gasteiger partial charge in [0.15, 0.2) is 0 Å². The van der Waals surface area contributed by atoms with Gasteiger partial charge in [0.05, 0.1) is 12.2 Å². The third-order valence-corrected chi connectivity index (χ3v) is 4.62. The minimum atomic E-state index is 0.510. The molecule has 2 heterocycles. The van der Waals surface area contributed by atoms with Crippen LogP contribution in [0.4, 0.5) is 0 Å². The van der Waals surface area contributed by atoms with Gasteiger partial charge in [-0.15, -0.1) is 10.2 Å². The number of aromatic amines is 1. The number of thioether (sulfide) groups is 1. The smallest absolute Gasteiger partial charge is 0.276 e. The van der Waals surface area contributed by atoms with Crippen LogP contribution in [-0.4, -0.2) is 27.5 Å². The Kier molecular flexibility index (Phi) is 4.63. The summed E-state index contributed by atoms with van der Waals surface area (Å²) in [5.74, 6) is 1.95. The Bertz CT molecular complexity index is 999. The highest BCUT2D eigenvalue weighted by atomic mass is 35.5. The lowest BCUT2D eigenvalue weighted by Crippen LogP contribution is -1.99. The second-order valence-corrected chi connectivity index (χ2v) is 6.76. The van der Waals surface area contributed by atoms with Gasteiger partial charge in [-0.1, -0.05) is 47.6 Å². The first-order chi connectivity index (χ1) is 12.3. The van der Waals surface area contributed by atoms with E-state index in [9.17, 15) is 0 Å². The summed E-state index contributed by atoms with van der Waals surface area (Å²) in [6, 6.07) is 15.3. The molecule has 0 saturated heterocycles. The summed E-state index contributed by atoms with van der Waals surface area (Å²) in [5.41, 5.74) is 1.95. The number of halogens is 1. The molecule has 0 radical (unpaired) electrons. The first-order valence-electron chi connectivity index (χ1n) is 7.71. The highest BCUT2D eigenvalue weighted by molar-refractivity contribution is 7.99. The highest BCUT2D eigenvalue weighted by Gasteiger charge is 2.13. The van der Waals surface area contributed by atoms with E-state index in [1.54, 1.807) is 6.07 Å². The molecule has 0 amide bonds. The third-order valence-electron chi connectivity index (χ3n) is 3.60. The van der Waals surface area contributed by atoms with Gasteiger partial charge in [-0.25, -0.2) is 0 Å². The van der Waals surface area contributed by atoms with Gasteiger partial charge in [0.1, 0.15) is 5.75 Å². The third kappa shape index (κ3) is 3.65. The van der Waals surface area contributed by atoms with Crippen LogP contribution >= 0.6 is 23.4 Å². The van der Waals surface area contributed by atoms with Gasteiger partial charge in [-0.05, 0) is 24.3 Å². The lowest BCUT2D eigenvalue weighted by molar-refractivity contribution is 0.343. The largest absolute Gasteiger partial charge is 0.493 e. The van der Waals surface area contributed by atoms with Gasteiger partial charge in [0.2, 0.25) is 0 Å². The molecule has 126 valence electrons. The van der Waals surface area contributed by atoms with Crippen LogP contribution < -0.4 is 4.74 Å². The van der Waals surface area contributed by atoms with Crippen LogP contribution in [0.5, 0.6) is 5.75 Å². The maximum Gasteiger partial charge on any atom is 0.276 e. The van der Waals surface area contributed by atoms with Crippen molar-refractivity contribution < 1.29 is 9.15 Å². The Morgan fingerprint density at radius 2 is 2.04 bits per heavy atom. The zero-order valence-corrected chi connectivity index (χ0v) is 14.7. The number of ether oxygens (including phenoxy) is 1.